The molecule has 0 spiro atoms. The molecule has 0 radical (unpaired) electrons. The van der Waals surface area contributed by atoms with Crippen molar-refractivity contribution in [1.82, 2.24) is 9.78 Å². The molecule has 0 saturated carbocycles. The minimum atomic E-state index is 0.503. The zero-order valence-corrected chi connectivity index (χ0v) is 10.6. The van der Waals surface area contributed by atoms with Crippen molar-refractivity contribution in [3.05, 3.63) is 16.4 Å². The van der Waals surface area contributed by atoms with Crippen LogP contribution in [0.2, 0.25) is 0 Å². The first-order chi connectivity index (χ1) is 6.57. The second kappa shape index (κ2) is 4.94. The van der Waals surface area contributed by atoms with Crippen LogP contribution in [0.15, 0.2) is 10.8 Å². The molecule has 80 valence electrons. The Bertz CT molecular complexity index is 294. The predicted octanol–water partition coefficient (Wildman–Crippen LogP) is 2.27. The van der Waals surface area contributed by atoms with E-state index in [1.807, 2.05) is 17.9 Å². The SMILES string of the molecule is CC(C)C(CCN)c1cnn(C)c1Br. The van der Waals surface area contributed by atoms with Crippen LogP contribution in [0.4, 0.5) is 0 Å². The van der Waals surface area contributed by atoms with E-state index < -0.39 is 0 Å². The number of hydrogen-bond donors (Lipinski definition) is 1. The molecule has 0 aliphatic carbocycles. The predicted molar refractivity (Wildman–Crippen MR) is 62.2 cm³/mol. The van der Waals surface area contributed by atoms with Crippen LogP contribution in [0.1, 0.15) is 31.7 Å². The summed E-state index contributed by atoms with van der Waals surface area (Å²) in [5.74, 6) is 1.10. The fourth-order valence-corrected chi connectivity index (χ4v) is 2.20. The molecule has 0 aliphatic heterocycles. The van der Waals surface area contributed by atoms with Gasteiger partial charge in [0, 0.05) is 12.6 Å². The molecular weight excluding hydrogens is 242 g/mol. The Balaban J connectivity index is 2.93. The van der Waals surface area contributed by atoms with Gasteiger partial charge in [0.1, 0.15) is 4.60 Å². The minimum absolute atomic E-state index is 0.503. The first-order valence-corrected chi connectivity index (χ1v) is 5.74. The van der Waals surface area contributed by atoms with Crippen LogP contribution in [0.25, 0.3) is 0 Å². The molecule has 1 aromatic rings. The Morgan fingerprint density at radius 2 is 2.21 bits per heavy atom. The van der Waals surface area contributed by atoms with Gasteiger partial charge in [0.25, 0.3) is 0 Å². The van der Waals surface area contributed by atoms with Gasteiger partial charge in [0.05, 0.1) is 6.20 Å². The van der Waals surface area contributed by atoms with E-state index in [0.717, 1.165) is 17.6 Å². The fraction of sp³-hybridized carbons (Fsp3) is 0.700. The highest BCUT2D eigenvalue weighted by atomic mass is 79.9. The standard InChI is InChI=1S/C10H18BrN3/c1-7(2)8(4-5-12)9-6-13-14(3)10(9)11/h6-8H,4-5,12H2,1-3H3. The third-order valence-electron chi connectivity index (χ3n) is 2.57. The summed E-state index contributed by atoms with van der Waals surface area (Å²) in [7, 11) is 1.94. The number of rotatable bonds is 4. The van der Waals surface area contributed by atoms with E-state index in [-0.39, 0.29) is 0 Å². The van der Waals surface area contributed by atoms with Crippen LogP contribution in [0.3, 0.4) is 0 Å². The van der Waals surface area contributed by atoms with Gasteiger partial charge < -0.3 is 5.73 Å². The molecule has 2 N–H and O–H groups in total. The smallest absolute Gasteiger partial charge is 0.107 e. The number of hydrogen-bond acceptors (Lipinski definition) is 2. The highest BCUT2D eigenvalue weighted by Crippen LogP contribution is 2.32. The summed E-state index contributed by atoms with van der Waals surface area (Å²) in [6, 6.07) is 0. The lowest BCUT2D eigenvalue weighted by atomic mass is 9.88. The molecule has 1 atom stereocenters. The lowest BCUT2D eigenvalue weighted by Gasteiger charge is -2.19. The molecule has 0 fully saturated rings. The van der Waals surface area contributed by atoms with Crippen molar-refractivity contribution in [2.24, 2.45) is 18.7 Å². The lowest BCUT2D eigenvalue weighted by molar-refractivity contribution is 0.471. The van der Waals surface area contributed by atoms with Crippen molar-refractivity contribution >= 4 is 15.9 Å². The van der Waals surface area contributed by atoms with E-state index in [4.69, 9.17) is 5.73 Å². The van der Waals surface area contributed by atoms with E-state index >= 15 is 0 Å². The van der Waals surface area contributed by atoms with E-state index in [9.17, 15) is 0 Å². The van der Waals surface area contributed by atoms with Crippen molar-refractivity contribution in [3.8, 4) is 0 Å². The molecule has 1 heterocycles. The van der Waals surface area contributed by atoms with Gasteiger partial charge in [-0.2, -0.15) is 5.10 Å². The van der Waals surface area contributed by atoms with Gasteiger partial charge in [-0.05, 0) is 40.7 Å². The molecular formula is C10H18BrN3. The lowest BCUT2D eigenvalue weighted by Crippen LogP contribution is -2.12. The Morgan fingerprint density at radius 3 is 2.57 bits per heavy atom. The van der Waals surface area contributed by atoms with Crippen LogP contribution in [0.5, 0.6) is 0 Å². The molecule has 1 aromatic heterocycles. The van der Waals surface area contributed by atoms with Crippen LogP contribution < -0.4 is 5.73 Å². The average Bonchev–Trinajstić information content (AvgIpc) is 2.44. The summed E-state index contributed by atoms with van der Waals surface area (Å²) < 4.78 is 2.92. The van der Waals surface area contributed by atoms with Crippen molar-refractivity contribution in [2.75, 3.05) is 6.54 Å². The molecule has 0 aliphatic rings. The molecule has 1 rings (SSSR count). The molecule has 3 nitrogen and oxygen atoms in total. The number of aryl methyl sites for hydroxylation is 1. The highest BCUT2D eigenvalue weighted by molar-refractivity contribution is 9.10. The van der Waals surface area contributed by atoms with Gasteiger partial charge in [0.2, 0.25) is 0 Å². The largest absolute Gasteiger partial charge is 0.330 e. The van der Waals surface area contributed by atoms with Crippen molar-refractivity contribution in [1.29, 1.82) is 0 Å². The summed E-state index contributed by atoms with van der Waals surface area (Å²) in [6.45, 7) is 5.17. The molecule has 0 bridgehead atoms. The van der Waals surface area contributed by atoms with E-state index in [0.29, 0.717) is 11.8 Å². The minimum Gasteiger partial charge on any atom is -0.330 e. The Hall–Kier alpha value is -0.350. The van der Waals surface area contributed by atoms with Crippen LogP contribution in [-0.2, 0) is 7.05 Å². The molecule has 14 heavy (non-hydrogen) atoms. The van der Waals surface area contributed by atoms with E-state index in [1.54, 1.807) is 0 Å². The normalized spacial score (nSPS) is 13.6. The summed E-state index contributed by atoms with van der Waals surface area (Å²) in [5.41, 5.74) is 6.89. The first kappa shape index (κ1) is 11.7. The second-order valence-corrected chi connectivity index (χ2v) is 4.69. The maximum absolute atomic E-state index is 5.62. The van der Waals surface area contributed by atoms with Crippen molar-refractivity contribution < 1.29 is 0 Å². The maximum Gasteiger partial charge on any atom is 0.107 e. The molecule has 0 saturated heterocycles. The van der Waals surface area contributed by atoms with Gasteiger partial charge in [-0.25, -0.2) is 0 Å². The number of aromatic nitrogens is 2. The Labute approximate surface area is 93.8 Å². The zero-order valence-electron chi connectivity index (χ0n) is 9.00. The highest BCUT2D eigenvalue weighted by Gasteiger charge is 2.19. The first-order valence-electron chi connectivity index (χ1n) is 4.95. The monoisotopic (exact) mass is 259 g/mol. The summed E-state index contributed by atoms with van der Waals surface area (Å²) in [4.78, 5) is 0. The molecule has 4 heteroatoms. The van der Waals surface area contributed by atoms with Gasteiger partial charge in [-0.3, -0.25) is 4.68 Å². The quantitative estimate of drug-likeness (QED) is 0.902. The zero-order chi connectivity index (χ0) is 10.7. The number of nitrogens with zero attached hydrogens (tertiary/aromatic N) is 2. The van der Waals surface area contributed by atoms with Crippen LogP contribution in [0, 0.1) is 5.92 Å². The van der Waals surface area contributed by atoms with E-state index in [1.165, 1.54) is 5.56 Å². The summed E-state index contributed by atoms with van der Waals surface area (Å²) in [6.07, 6.45) is 2.95. The Kier molecular flexibility index (Phi) is 4.13. The second-order valence-electron chi connectivity index (χ2n) is 3.94. The molecule has 0 amide bonds. The summed E-state index contributed by atoms with van der Waals surface area (Å²) in [5, 5.41) is 4.23. The van der Waals surface area contributed by atoms with Gasteiger partial charge >= 0.3 is 0 Å². The van der Waals surface area contributed by atoms with Crippen molar-refractivity contribution in [2.45, 2.75) is 26.2 Å². The topological polar surface area (TPSA) is 43.8 Å². The fourth-order valence-electron chi connectivity index (χ4n) is 1.72. The number of nitrogens with two attached hydrogens (primary N) is 1. The molecule has 1 unspecified atom stereocenters. The third kappa shape index (κ3) is 2.36. The Morgan fingerprint density at radius 1 is 1.57 bits per heavy atom. The number of halogens is 1. The maximum atomic E-state index is 5.62. The van der Waals surface area contributed by atoms with Crippen molar-refractivity contribution in [3.63, 3.8) is 0 Å². The average molecular weight is 260 g/mol. The van der Waals surface area contributed by atoms with Crippen LogP contribution in [-0.4, -0.2) is 16.3 Å². The van der Waals surface area contributed by atoms with Gasteiger partial charge in [0.15, 0.2) is 0 Å². The molecule has 0 aromatic carbocycles. The van der Waals surface area contributed by atoms with E-state index in [2.05, 4.69) is 34.9 Å². The van der Waals surface area contributed by atoms with Gasteiger partial charge in [-0.1, -0.05) is 13.8 Å². The van der Waals surface area contributed by atoms with Gasteiger partial charge in [-0.15, -0.1) is 0 Å². The summed E-state index contributed by atoms with van der Waals surface area (Å²) >= 11 is 3.55. The van der Waals surface area contributed by atoms with Crippen LogP contribution >= 0.6 is 15.9 Å². The third-order valence-corrected chi connectivity index (χ3v) is 3.55.